The first-order valence-corrected chi connectivity index (χ1v) is 6.99. The smallest absolute Gasteiger partial charge is 0.0622 e. The quantitative estimate of drug-likeness (QED) is 0.601. The van der Waals surface area contributed by atoms with E-state index in [1.165, 1.54) is 0 Å². The van der Waals surface area contributed by atoms with E-state index in [1.807, 2.05) is 12.1 Å². The highest BCUT2D eigenvalue weighted by Gasteiger charge is 2.27. The van der Waals surface area contributed by atoms with Crippen LogP contribution in [0.1, 0.15) is 59.5 Å². The zero-order chi connectivity index (χ0) is 19.3. The van der Waals surface area contributed by atoms with E-state index in [4.69, 9.17) is 6.85 Å². The SMILES string of the molecule is [2H]c1c([2H])c([2H])c(-c2cccc(C(C)(C)C)c2C(C)(C)C)c([2H])c1[2H]. The summed E-state index contributed by atoms with van der Waals surface area (Å²) in [5.41, 5.74) is 2.80. The summed E-state index contributed by atoms with van der Waals surface area (Å²) in [6, 6.07) is 4.59. The lowest BCUT2D eigenvalue weighted by Crippen LogP contribution is -2.22. The van der Waals surface area contributed by atoms with Gasteiger partial charge in [-0.15, -0.1) is 0 Å². The first-order chi connectivity index (χ1) is 11.3. The molecule has 0 spiro atoms. The minimum atomic E-state index is -0.358. The van der Waals surface area contributed by atoms with Crippen molar-refractivity contribution in [2.45, 2.75) is 52.4 Å². The molecular weight excluding hydrogens is 240 g/mol. The van der Waals surface area contributed by atoms with Gasteiger partial charge in [0.05, 0.1) is 6.85 Å². The van der Waals surface area contributed by atoms with Crippen LogP contribution in [0.15, 0.2) is 48.4 Å². The Morgan fingerprint density at radius 3 is 1.90 bits per heavy atom. The molecule has 20 heavy (non-hydrogen) atoms. The van der Waals surface area contributed by atoms with E-state index < -0.39 is 0 Å². The molecule has 0 heteroatoms. The molecule has 106 valence electrons. The Balaban J connectivity index is 3.01. The normalized spacial score (nSPS) is 16.0. The van der Waals surface area contributed by atoms with Crippen LogP contribution in [0.3, 0.4) is 0 Å². The van der Waals surface area contributed by atoms with Gasteiger partial charge in [-0.05, 0) is 33.1 Å². The van der Waals surface area contributed by atoms with E-state index in [9.17, 15) is 0 Å². The molecule has 0 aromatic heterocycles. The molecule has 0 saturated carbocycles. The molecule has 0 radical (unpaired) electrons. The van der Waals surface area contributed by atoms with Crippen molar-refractivity contribution in [1.29, 1.82) is 0 Å². The Labute approximate surface area is 130 Å². The average Bonchev–Trinajstić information content (AvgIpc) is 2.49. The summed E-state index contributed by atoms with van der Waals surface area (Å²) in [5, 5.41) is 0. The molecule has 0 aliphatic heterocycles. The molecule has 0 heterocycles. The van der Waals surface area contributed by atoms with E-state index in [2.05, 4.69) is 47.6 Å². The van der Waals surface area contributed by atoms with Crippen molar-refractivity contribution in [3.05, 3.63) is 59.5 Å². The predicted octanol–water partition coefficient (Wildman–Crippen LogP) is 5.95. The van der Waals surface area contributed by atoms with Crippen LogP contribution < -0.4 is 0 Å². The fraction of sp³-hybridized carbons (Fsp3) is 0.400. The summed E-state index contributed by atoms with van der Waals surface area (Å²) in [7, 11) is 0. The van der Waals surface area contributed by atoms with Gasteiger partial charge in [0.15, 0.2) is 0 Å². The van der Waals surface area contributed by atoms with Crippen molar-refractivity contribution < 1.29 is 6.85 Å². The monoisotopic (exact) mass is 271 g/mol. The summed E-state index contributed by atoms with van der Waals surface area (Å²) in [4.78, 5) is 0. The molecule has 0 aliphatic rings. The van der Waals surface area contributed by atoms with Crippen LogP contribution in [0.2, 0.25) is 0 Å². The van der Waals surface area contributed by atoms with E-state index in [-0.39, 0.29) is 46.6 Å². The Kier molecular flexibility index (Phi) is 2.39. The first-order valence-electron chi connectivity index (χ1n) is 9.49. The number of hydrogen-bond acceptors (Lipinski definition) is 0. The Morgan fingerprint density at radius 1 is 0.800 bits per heavy atom. The molecule has 0 saturated heterocycles. The maximum atomic E-state index is 8.33. The van der Waals surface area contributed by atoms with Gasteiger partial charge in [-0.3, -0.25) is 0 Å². The predicted molar refractivity (Wildman–Crippen MR) is 89.3 cm³/mol. The van der Waals surface area contributed by atoms with Gasteiger partial charge < -0.3 is 0 Å². The van der Waals surface area contributed by atoms with Gasteiger partial charge in [-0.25, -0.2) is 0 Å². The zero-order valence-corrected chi connectivity index (χ0v) is 13.2. The van der Waals surface area contributed by atoms with Crippen LogP contribution in [0.25, 0.3) is 11.1 Å². The summed E-state index contributed by atoms with van der Waals surface area (Å²) in [6.45, 7) is 12.7. The molecule has 0 atom stereocenters. The fourth-order valence-corrected chi connectivity index (χ4v) is 2.58. The van der Waals surface area contributed by atoms with Crippen LogP contribution in [-0.4, -0.2) is 0 Å². The second-order valence-corrected chi connectivity index (χ2v) is 7.23. The highest BCUT2D eigenvalue weighted by molar-refractivity contribution is 5.71. The van der Waals surface area contributed by atoms with Crippen molar-refractivity contribution in [2.75, 3.05) is 0 Å². The minimum Gasteiger partial charge on any atom is -0.0622 e. The van der Waals surface area contributed by atoms with Crippen molar-refractivity contribution in [1.82, 2.24) is 0 Å². The van der Waals surface area contributed by atoms with Crippen LogP contribution in [0.4, 0.5) is 0 Å². The van der Waals surface area contributed by atoms with Gasteiger partial charge in [0.2, 0.25) is 0 Å². The third-order valence-corrected chi connectivity index (χ3v) is 3.39. The van der Waals surface area contributed by atoms with E-state index >= 15 is 0 Å². The molecule has 0 unspecified atom stereocenters. The molecule has 0 nitrogen and oxygen atoms in total. The zero-order valence-electron chi connectivity index (χ0n) is 18.2. The highest BCUT2D eigenvalue weighted by atomic mass is 14.3. The van der Waals surface area contributed by atoms with Gasteiger partial charge in [-0.2, -0.15) is 0 Å². The summed E-state index contributed by atoms with van der Waals surface area (Å²) >= 11 is 0. The first kappa shape index (κ1) is 9.39. The Morgan fingerprint density at radius 2 is 1.40 bits per heavy atom. The maximum absolute atomic E-state index is 8.33. The van der Waals surface area contributed by atoms with Crippen LogP contribution in [0, 0.1) is 0 Å². The fourth-order valence-electron chi connectivity index (χ4n) is 2.58. The highest BCUT2D eigenvalue weighted by Crippen LogP contribution is 2.40. The molecule has 2 aromatic rings. The van der Waals surface area contributed by atoms with E-state index in [0.29, 0.717) is 0 Å². The lowest BCUT2D eigenvalue weighted by Gasteiger charge is -2.32. The molecule has 0 fully saturated rings. The minimum absolute atomic E-state index is 0.119. The molecule has 2 rings (SSSR count). The van der Waals surface area contributed by atoms with Gasteiger partial charge in [-0.1, -0.05) is 90.0 Å². The van der Waals surface area contributed by atoms with Gasteiger partial charge >= 0.3 is 0 Å². The molecular formula is C20H26. The maximum Gasteiger partial charge on any atom is 0.0629 e. The van der Waals surface area contributed by atoms with Crippen LogP contribution >= 0.6 is 0 Å². The van der Waals surface area contributed by atoms with E-state index in [1.54, 1.807) is 0 Å². The van der Waals surface area contributed by atoms with Crippen LogP contribution in [0.5, 0.6) is 0 Å². The lowest BCUT2D eigenvalue weighted by molar-refractivity contribution is 0.531. The van der Waals surface area contributed by atoms with Gasteiger partial charge in [0.25, 0.3) is 0 Å². The van der Waals surface area contributed by atoms with Crippen molar-refractivity contribution in [3.63, 3.8) is 0 Å². The summed E-state index contributed by atoms with van der Waals surface area (Å²) in [6.07, 6.45) is 0. The third-order valence-electron chi connectivity index (χ3n) is 3.39. The molecule has 2 aromatic carbocycles. The van der Waals surface area contributed by atoms with Crippen molar-refractivity contribution >= 4 is 0 Å². The Hall–Kier alpha value is -1.56. The second kappa shape index (κ2) is 5.09. The topological polar surface area (TPSA) is 0 Å². The number of benzene rings is 2. The summed E-state index contributed by atoms with van der Waals surface area (Å²) < 4.78 is 40.4. The number of hydrogen-bond donors (Lipinski definition) is 0. The molecule has 0 amide bonds. The van der Waals surface area contributed by atoms with E-state index in [0.717, 1.165) is 16.7 Å². The molecule has 0 bridgehead atoms. The molecule has 0 aliphatic carbocycles. The Bertz CT molecular complexity index is 794. The van der Waals surface area contributed by atoms with Crippen LogP contribution in [-0.2, 0) is 10.8 Å². The third kappa shape index (κ3) is 2.95. The summed E-state index contributed by atoms with van der Waals surface area (Å²) in [5.74, 6) is 0. The van der Waals surface area contributed by atoms with Crippen molar-refractivity contribution in [2.24, 2.45) is 0 Å². The lowest BCUT2D eigenvalue weighted by atomic mass is 9.72. The standard InChI is InChI=1S/C20H26/c1-19(2,3)17-14-10-13-16(18(17)20(4,5)6)15-11-8-7-9-12-15/h7-14H,1-6H3/i7D,8D,9D,11D,12D. The average molecular weight is 271 g/mol. The van der Waals surface area contributed by atoms with Gasteiger partial charge in [0, 0.05) is 0 Å². The molecule has 0 N–H and O–H groups in total. The van der Waals surface area contributed by atoms with Crippen molar-refractivity contribution in [3.8, 4) is 11.1 Å². The van der Waals surface area contributed by atoms with Gasteiger partial charge in [0.1, 0.15) is 0 Å². The number of rotatable bonds is 1. The second-order valence-electron chi connectivity index (χ2n) is 7.23. The largest absolute Gasteiger partial charge is 0.0629 e.